The van der Waals surface area contributed by atoms with Crippen LogP contribution in [-0.2, 0) is 6.42 Å². The molecule has 29 heavy (non-hydrogen) atoms. The first-order valence-electron chi connectivity index (χ1n) is 9.83. The van der Waals surface area contributed by atoms with Crippen LogP contribution in [0, 0.1) is 11.6 Å². The van der Waals surface area contributed by atoms with Crippen molar-refractivity contribution < 1.29 is 8.78 Å². The lowest BCUT2D eigenvalue weighted by Crippen LogP contribution is -2.47. The van der Waals surface area contributed by atoms with Crippen molar-refractivity contribution in [2.75, 3.05) is 43.4 Å². The molecular formula is C23H24F2N4. The third-order valence-corrected chi connectivity index (χ3v) is 5.38. The molecule has 0 aliphatic carbocycles. The quantitative estimate of drug-likeness (QED) is 0.711. The lowest BCUT2D eigenvalue weighted by atomic mass is 10.1. The maximum Gasteiger partial charge on any atom is 0.127 e. The number of rotatable bonds is 5. The Morgan fingerprint density at radius 1 is 0.897 bits per heavy atom. The van der Waals surface area contributed by atoms with Gasteiger partial charge in [0.2, 0.25) is 0 Å². The summed E-state index contributed by atoms with van der Waals surface area (Å²) < 4.78 is 27.7. The lowest BCUT2D eigenvalue weighted by molar-refractivity contribution is 0.260. The molecule has 6 heteroatoms. The summed E-state index contributed by atoms with van der Waals surface area (Å²) >= 11 is 0. The molecule has 2 aromatic carbocycles. The Labute approximate surface area is 169 Å². The number of nitrogens with zero attached hydrogens (tertiary/aromatic N) is 3. The number of benzene rings is 2. The standard InChI is InChI=1S/C23H24F2N4/c24-19-6-8-20(9-7-19)29-14-12-28(13-15-29)11-10-17-4-5-18(16-21(17)25)22-2-1-3-23(26)27-22/h1-9,16H,10-15H2,(H2,26,27). The van der Waals surface area contributed by atoms with Crippen LogP contribution in [0.25, 0.3) is 11.3 Å². The van der Waals surface area contributed by atoms with Crippen LogP contribution in [0.1, 0.15) is 5.56 Å². The van der Waals surface area contributed by atoms with E-state index >= 15 is 0 Å². The summed E-state index contributed by atoms with van der Waals surface area (Å²) in [7, 11) is 0. The highest BCUT2D eigenvalue weighted by Gasteiger charge is 2.17. The largest absolute Gasteiger partial charge is 0.384 e. The van der Waals surface area contributed by atoms with Crippen molar-refractivity contribution in [3.63, 3.8) is 0 Å². The summed E-state index contributed by atoms with van der Waals surface area (Å²) in [6.07, 6.45) is 0.660. The highest BCUT2D eigenvalue weighted by atomic mass is 19.1. The van der Waals surface area contributed by atoms with E-state index in [2.05, 4.69) is 14.8 Å². The third kappa shape index (κ3) is 4.71. The minimum Gasteiger partial charge on any atom is -0.384 e. The van der Waals surface area contributed by atoms with Crippen molar-refractivity contribution in [2.45, 2.75) is 6.42 Å². The molecule has 0 spiro atoms. The van der Waals surface area contributed by atoms with E-state index in [0.717, 1.165) is 44.0 Å². The number of hydrogen-bond donors (Lipinski definition) is 1. The molecule has 2 heterocycles. The van der Waals surface area contributed by atoms with Gasteiger partial charge in [-0.05, 0) is 54.4 Å². The zero-order valence-electron chi connectivity index (χ0n) is 16.2. The predicted molar refractivity (Wildman–Crippen MR) is 113 cm³/mol. The highest BCUT2D eigenvalue weighted by molar-refractivity contribution is 5.61. The van der Waals surface area contributed by atoms with Gasteiger partial charge in [0.15, 0.2) is 0 Å². The molecule has 4 nitrogen and oxygen atoms in total. The number of piperazine rings is 1. The number of anilines is 2. The molecule has 2 N–H and O–H groups in total. The topological polar surface area (TPSA) is 45.4 Å². The average Bonchev–Trinajstić information content (AvgIpc) is 2.74. The smallest absolute Gasteiger partial charge is 0.127 e. The van der Waals surface area contributed by atoms with Crippen molar-refractivity contribution in [3.05, 3.63) is 77.9 Å². The Hall–Kier alpha value is -2.99. The van der Waals surface area contributed by atoms with Gasteiger partial charge in [-0.2, -0.15) is 0 Å². The highest BCUT2D eigenvalue weighted by Crippen LogP contribution is 2.22. The van der Waals surface area contributed by atoms with Crippen molar-refractivity contribution in [2.24, 2.45) is 0 Å². The molecule has 0 saturated carbocycles. The van der Waals surface area contributed by atoms with Crippen LogP contribution >= 0.6 is 0 Å². The minimum atomic E-state index is -0.216. The zero-order chi connectivity index (χ0) is 20.2. The maximum absolute atomic E-state index is 14.6. The molecule has 0 radical (unpaired) electrons. The third-order valence-electron chi connectivity index (χ3n) is 5.38. The number of hydrogen-bond acceptors (Lipinski definition) is 4. The van der Waals surface area contributed by atoms with E-state index < -0.39 is 0 Å². The Bertz CT molecular complexity index is 967. The summed E-state index contributed by atoms with van der Waals surface area (Å²) in [5.41, 5.74) is 8.87. The van der Waals surface area contributed by atoms with E-state index in [1.54, 1.807) is 6.07 Å². The summed E-state index contributed by atoms with van der Waals surface area (Å²) in [6, 6.07) is 17.2. The molecule has 0 amide bonds. The molecule has 1 aliphatic rings. The summed E-state index contributed by atoms with van der Waals surface area (Å²) in [5, 5.41) is 0. The van der Waals surface area contributed by atoms with Gasteiger partial charge in [0.05, 0.1) is 5.69 Å². The average molecular weight is 394 g/mol. The second-order valence-electron chi connectivity index (χ2n) is 7.31. The van der Waals surface area contributed by atoms with Crippen LogP contribution in [0.5, 0.6) is 0 Å². The lowest BCUT2D eigenvalue weighted by Gasteiger charge is -2.36. The summed E-state index contributed by atoms with van der Waals surface area (Å²) in [5.74, 6) is -0.00428. The number of nitrogens with two attached hydrogens (primary N) is 1. The fraction of sp³-hybridized carbons (Fsp3) is 0.261. The molecule has 0 bridgehead atoms. The van der Waals surface area contributed by atoms with E-state index in [1.165, 1.54) is 18.2 Å². The van der Waals surface area contributed by atoms with Crippen LogP contribution in [0.15, 0.2) is 60.7 Å². The fourth-order valence-electron chi connectivity index (χ4n) is 3.68. The van der Waals surface area contributed by atoms with Crippen molar-refractivity contribution in [1.29, 1.82) is 0 Å². The molecule has 3 aromatic rings. The number of pyridine rings is 1. The van der Waals surface area contributed by atoms with Gasteiger partial charge in [0.25, 0.3) is 0 Å². The van der Waals surface area contributed by atoms with Gasteiger partial charge in [-0.3, -0.25) is 4.90 Å². The van der Waals surface area contributed by atoms with E-state index in [4.69, 9.17) is 5.73 Å². The van der Waals surface area contributed by atoms with Crippen molar-refractivity contribution >= 4 is 11.5 Å². The van der Waals surface area contributed by atoms with E-state index in [9.17, 15) is 8.78 Å². The van der Waals surface area contributed by atoms with Crippen molar-refractivity contribution in [3.8, 4) is 11.3 Å². The van der Waals surface area contributed by atoms with Gasteiger partial charge >= 0.3 is 0 Å². The van der Waals surface area contributed by atoms with E-state index in [0.29, 0.717) is 23.5 Å². The second kappa shape index (κ2) is 8.57. The van der Waals surface area contributed by atoms with Gasteiger partial charge in [0, 0.05) is 44.0 Å². The molecule has 1 aliphatic heterocycles. The van der Waals surface area contributed by atoms with Gasteiger partial charge in [-0.15, -0.1) is 0 Å². The van der Waals surface area contributed by atoms with Crippen LogP contribution in [0.3, 0.4) is 0 Å². The van der Waals surface area contributed by atoms with Crippen LogP contribution in [0.2, 0.25) is 0 Å². The zero-order valence-corrected chi connectivity index (χ0v) is 16.2. The first-order chi connectivity index (χ1) is 14.1. The normalized spacial score (nSPS) is 14.9. The molecule has 4 rings (SSSR count). The summed E-state index contributed by atoms with van der Waals surface area (Å²) in [4.78, 5) is 8.84. The van der Waals surface area contributed by atoms with Crippen LogP contribution in [0.4, 0.5) is 20.3 Å². The monoisotopic (exact) mass is 394 g/mol. The van der Waals surface area contributed by atoms with E-state index in [1.807, 2.05) is 36.4 Å². The first kappa shape index (κ1) is 19.3. The second-order valence-corrected chi connectivity index (χ2v) is 7.31. The Balaban J connectivity index is 1.32. The molecule has 0 atom stereocenters. The summed E-state index contributed by atoms with van der Waals surface area (Å²) in [6.45, 7) is 4.39. The van der Waals surface area contributed by atoms with Crippen molar-refractivity contribution in [1.82, 2.24) is 9.88 Å². The van der Waals surface area contributed by atoms with Gasteiger partial charge in [-0.25, -0.2) is 13.8 Å². The molecular weight excluding hydrogens is 370 g/mol. The fourth-order valence-corrected chi connectivity index (χ4v) is 3.68. The van der Waals surface area contributed by atoms with Gasteiger partial charge in [0.1, 0.15) is 17.5 Å². The SMILES string of the molecule is Nc1cccc(-c2ccc(CCN3CCN(c4ccc(F)cc4)CC3)c(F)c2)n1. The predicted octanol–water partition coefficient (Wildman–Crippen LogP) is 3.97. The van der Waals surface area contributed by atoms with Crippen LogP contribution < -0.4 is 10.6 Å². The molecule has 0 unspecified atom stereocenters. The van der Waals surface area contributed by atoms with Gasteiger partial charge in [-0.1, -0.05) is 18.2 Å². The van der Waals surface area contributed by atoms with Crippen LogP contribution in [-0.4, -0.2) is 42.6 Å². The molecule has 1 fully saturated rings. The number of nitrogen functional groups attached to an aromatic ring is 1. The first-order valence-corrected chi connectivity index (χ1v) is 9.83. The Morgan fingerprint density at radius 3 is 2.34 bits per heavy atom. The molecule has 150 valence electrons. The molecule has 1 aromatic heterocycles. The number of halogens is 2. The molecule has 1 saturated heterocycles. The minimum absolute atomic E-state index is 0.211. The maximum atomic E-state index is 14.6. The Morgan fingerprint density at radius 2 is 1.66 bits per heavy atom. The Kier molecular flexibility index (Phi) is 5.71. The van der Waals surface area contributed by atoms with E-state index in [-0.39, 0.29) is 11.6 Å². The number of aromatic nitrogens is 1. The van der Waals surface area contributed by atoms with Gasteiger partial charge < -0.3 is 10.6 Å².